The summed E-state index contributed by atoms with van der Waals surface area (Å²) in [6.07, 6.45) is -0.644. The first-order valence-electron chi connectivity index (χ1n) is 6.05. The fourth-order valence-corrected chi connectivity index (χ4v) is 1.88. The van der Waals surface area contributed by atoms with Crippen LogP contribution in [0.2, 0.25) is 0 Å². The summed E-state index contributed by atoms with van der Waals surface area (Å²) in [5.41, 5.74) is 2.47. The lowest BCUT2D eigenvalue weighted by Gasteiger charge is -2.14. The van der Waals surface area contributed by atoms with E-state index in [4.69, 9.17) is 4.74 Å². The second kappa shape index (κ2) is 5.65. The van der Waals surface area contributed by atoms with Crippen molar-refractivity contribution in [2.75, 3.05) is 6.61 Å². The van der Waals surface area contributed by atoms with Crippen LogP contribution in [0.4, 0.5) is 0 Å². The number of nitrogens with zero attached hydrogens (tertiary/aromatic N) is 1. The van der Waals surface area contributed by atoms with Crippen molar-refractivity contribution in [1.82, 2.24) is 4.98 Å². The van der Waals surface area contributed by atoms with Gasteiger partial charge in [0.15, 0.2) is 0 Å². The molecule has 1 aromatic carbocycles. The van der Waals surface area contributed by atoms with Crippen molar-refractivity contribution in [2.45, 2.75) is 20.0 Å². The van der Waals surface area contributed by atoms with E-state index in [9.17, 15) is 5.11 Å². The molecule has 1 atom stereocenters. The van der Waals surface area contributed by atoms with Crippen molar-refractivity contribution in [2.24, 2.45) is 0 Å². The molecule has 1 N–H and O–H groups in total. The number of rotatable bonds is 4. The van der Waals surface area contributed by atoms with Gasteiger partial charge in [-0.05, 0) is 25.5 Å². The maximum atomic E-state index is 10.3. The van der Waals surface area contributed by atoms with Crippen molar-refractivity contribution in [3.8, 4) is 5.88 Å². The van der Waals surface area contributed by atoms with Crippen molar-refractivity contribution in [3.63, 3.8) is 0 Å². The van der Waals surface area contributed by atoms with E-state index in [2.05, 4.69) is 4.98 Å². The van der Waals surface area contributed by atoms with Gasteiger partial charge in [-0.15, -0.1) is 0 Å². The highest BCUT2D eigenvalue weighted by Gasteiger charge is 2.13. The lowest BCUT2D eigenvalue weighted by molar-refractivity contribution is 0.218. The lowest BCUT2D eigenvalue weighted by atomic mass is 10.0. The average Bonchev–Trinajstić information content (AvgIpc) is 2.40. The molecule has 3 nitrogen and oxygen atoms in total. The fraction of sp³-hybridized carbons (Fsp3) is 0.267. The molecule has 0 aliphatic heterocycles. The molecule has 94 valence electrons. The molecule has 0 fully saturated rings. The van der Waals surface area contributed by atoms with E-state index in [1.807, 2.05) is 50.2 Å². The minimum absolute atomic E-state index is 0.590. The zero-order valence-electron chi connectivity index (χ0n) is 10.6. The van der Waals surface area contributed by atoms with Crippen LogP contribution in [-0.2, 0) is 0 Å². The summed E-state index contributed by atoms with van der Waals surface area (Å²) in [7, 11) is 0. The summed E-state index contributed by atoms with van der Waals surface area (Å²) in [6.45, 7) is 4.39. The summed E-state index contributed by atoms with van der Waals surface area (Å²) in [4.78, 5) is 4.33. The molecule has 0 aliphatic carbocycles. The number of hydrogen-bond acceptors (Lipinski definition) is 3. The monoisotopic (exact) mass is 243 g/mol. The topological polar surface area (TPSA) is 42.4 Å². The van der Waals surface area contributed by atoms with Crippen LogP contribution in [-0.4, -0.2) is 16.7 Å². The normalized spacial score (nSPS) is 12.2. The zero-order chi connectivity index (χ0) is 13.0. The Morgan fingerprint density at radius 1 is 1.17 bits per heavy atom. The number of aryl methyl sites for hydroxylation is 1. The summed E-state index contributed by atoms with van der Waals surface area (Å²) in [5.74, 6) is 0.596. The first-order chi connectivity index (χ1) is 8.72. The van der Waals surface area contributed by atoms with E-state index in [-0.39, 0.29) is 0 Å². The Balaban J connectivity index is 2.28. The molecule has 1 aromatic heterocycles. The van der Waals surface area contributed by atoms with Gasteiger partial charge in [-0.3, -0.25) is 0 Å². The Kier molecular flexibility index (Phi) is 3.95. The van der Waals surface area contributed by atoms with Gasteiger partial charge >= 0.3 is 0 Å². The largest absolute Gasteiger partial charge is 0.478 e. The molecule has 0 radical (unpaired) electrons. The van der Waals surface area contributed by atoms with Crippen molar-refractivity contribution >= 4 is 0 Å². The molecular formula is C15H17NO2. The van der Waals surface area contributed by atoms with Gasteiger partial charge in [0.1, 0.15) is 6.10 Å². The number of benzene rings is 1. The third-order valence-corrected chi connectivity index (χ3v) is 2.80. The first kappa shape index (κ1) is 12.6. The van der Waals surface area contributed by atoms with Crippen LogP contribution in [0.5, 0.6) is 5.88 Å². The van der Waals surface area contributed by atoms with E-state index < -0.39 is 6.10 Å². The predicted molar refractivity (Wildman–Crippen MR) is 70.6 cm³/mol. The minimum Gasteiger partial charge on any atom is -0.478 e. The van der Waals surface area contributed by atoms with E-state index >= 15 is 0 Å². The van der Waals surface area contributed by atoms with Crippen molar-refractivity contribution < 1.29 is 9.84 Å². The molecule has 0 saturated heterocycles. The van der Waals surface area contributed by atoms with Gasteiger partial charge in [0.25, 0.3) is 0 Å². The third-order valence-electron chi connectivity index (χ3n) is 2.80. The number of aromatic nitrogens is 1. The highest BCUT2D eigenvalue weighted by Crippen LogP contribution is 2.25. The SMILES string of the molecule is CCOc1ccc(C(O)c2ccccc2)c(C)n1. The van der Waals surface area contributed by atoms with Gasteiger partial charge in [-0.1, -0.05) is 30.3 Å². The predicted octanol–water partition coefficient (Wildman–Crippen LogP) is 2.87. The molecule has 0 spiro atoms. The Hall–Kier alpha value is -1.87. The standard InChI is InChI=1S/C15H17NO2/c1-3-18-14-10-9-13(11(2)16-14)15(17)12-7-5-4-6-8-12/h4-10,15,17H,3H2,1-2H3. The summed E-state index contributed by atoms with van der Waals surface area (Å²) < 4.78 is 5.33. The number of pyridine rings is 1. The minimum atomic E-state index is -0.644. The Morgan fingerprint density at radius 3 is 2.50 bits per heavy atom. The van der Waals surface area contributed by atoms with Gasteiger partial charge in [-0.25, -0.2) is 4.98 Å². The van der Waals surface area contributed by atoms with E-state index in [0.29, 0.717) is 12.5 Å². The Morgan fingerprint density at radius 2 is 1.89 bits per heavy atom. The second-order valence-corrected chi connectivity index (χ2v) is 4.07. The first-order valence-corrected chi connectivity index (χ1v) is 6.05. The number of ether oxygens (including phenoxy) is 1. The van der Waals surface area contributed by atoms with Crippen LogP contribution >= 0.6 is 0 Å². The van der Waals surface area contributed by atoms with Gasteiger partial charge in [-0.2, -0.15) is 0 Å². The van der Waals surface area contributed by atoms with Crippen LogP contribution in [0.25, 0.3) is 0 Å². The molecule has 2 aromatic rings. The average molecular weight is 243 g/mol. The summed E-state index contributed by atoms with van der Waals surface area (Å²) in [6, 6.07) is 13.2. The summed E-state index contributed by atoms with van der Waals surface area (Å²) in [5, 5.41) is 10.3. The zero-order valence-corrected chi connectivity index (χ0v) is 10.6. The molecule has 1 unspecified atom stereocenters. The number of aliphatic hydroxyl groups is 1. The molecule has 2 rings (SSSR count). The van der Waals surface area contributed by atoms with Gasteiger partial charge in [0.2, 0.25) is 5.88 Å². The van der Waals surface area contributed by atoms with Crippen LogP contribution in [0.15, 0.2) is 42.5 Å². The molecular weight excluding hydrogens is 226 g/mol. The van der Waals surface area contributed by atoms with E-state index in [1.54, 1.807) is 6.07 Å². The quantitative estimate of drug-likeness (QED) is 0.897. The number of aliphatic hydroxyl groups excluding tert-OH is 1. The van der Waals surface area contributed by atoms with Gasteiger partial charge < -0.3 is 9.84 Å². The van der Waals surface area contributed by atoms with Crippen molar-refractivity contribution in [1.29, 1.82) is 0 Å². The second-order valence-electron chi connectivity index (χ2n) is 4.07. The Labute approximate surface area is 107 Å². The molecule has 18 heavy (non-hydrogen) atoms. The molecule has 0 aliphatic rings. The number of hydrogen-bond donors (Lipinski definition) is 1. The van der Waals surface area contributed by atoms with Gasteiger partial charge in [0, 0.05) is 17.3 Å². The van der Waals surface area contributed by atoms with Gasteiger partial charge in [0.05, 0.1) is 6.61 Å². The van der Waals surface area contributed by atoms with Crippen LogP contribution in [0, 0.1) is 6.92 Å². The smallest absolute Gasteiger partial charge is 0.213 e. The third kappa shape index (κ3) is 2.68. The highest BCUT2D eigenvalue weighted by atomic mass is 16.5. The van der Waals surface area contributed by atoms with E-state index in [1.165, 1.54) is 0 Å². The Bertz CT molecular complexity index is 511. The van der Waals surface area contributed by atoms with Crippen LogP contribution in [0.3, 0.4) is 0 Å². The van der Waals surface area contributed by atoms with E-state index in [0.717, 1.165) is 16.8 Å². The van der Waals surface area contributed by atoms with Crippen molar-refractivity contribution in [3.05, 3.63) is 59.3 Å². The molecule has 3 heteroatoms. The molecule has 1 heterocycles. The lowest BCUT2D eigenvalue weighted by Crippen LogP contribution is -2.04. The summed E-state index contributed by atoms with van der Waals surface area (Å²) >= 11 is 0. The van der Waals surface area contributed by atoms with Crippen LogP contribution < -0.4 is 4.74 Å². The molecule has 0 bridgehead atoms. The van der Waals surface area contributed by atoms with Crippen LogP contribution in [0.1, 0.15) is 29.8 Å². The molecule has 0 amide bonds. The fourth-order valence-electron chi connectivity index (χ4n) is 1.88. The maximum Gasteiger partial charge on any atom is 0.213 e. The molecule has 0 saturated carbocycles. The maximum absolute atomic E-state index is 10.3. The highest BCUT2D eigenvalue weighted by molar-refractivity contribution is 5.34.